The van der Waals surface area contributed by atoms with Crippen LogP contribution >= 0.6 is 0 Å². The summed E-state index contributed by atoms with van der Waals surface area (Å²) in [4.78, 5) is 11.3. The summed E-state index contributed by atoms with van der Waals surface area (Å²) in [6.45, 7) is 11.7. The van der Waals surface area contributed by atoms with Crippen LogP contribution in [0.25, 0.3) is 27.7 Å². The number of nitrogens with one attached hydrogen (secondary N) is 2. The Morgan fingerprint density at radius 3 is 2.49 bits per heavy atom. The second kappa shape index (κ2) is 12.8. The molecule has 1 aliphatic rings. The molecule has 3 aromatic heterocycles. The Labute approximate surface area is 229 Å². The summed E-state index contributed by atoms with van der Waals surface area (Å²) in [6, 6.07) is 12.5. The fourth-order valence-corrected chi connectivity index (χ4v) is 4.65. The van der Waals surface area contributed by atoms with Gasteiger partial charge in [-0.15, -0.1) is 0 Å². The van der Waals surface area contributed by atoms with Crippen LogP contribution in [0.5, 0.6) is 0 Å². The van der Waals surface area contributed by atoms with Crippen molar-refractivity contribution in [3.05, 3.63) is 73.0 Å². The highest BCUT2D eigenvalue weighted by Gasteiger charge is 2.23. The Kier molecular flexibility index (Phi) is 9.28. The lowest BCUT2D eigenvalue weighted by molar-refractivity contribution is -0.0119. The molecule has 0 unspecified atom stereocenters. The van der Waals surface area contributed by atoms with E-state index in [0.29, 0.717) is 6.42 Å². The van der Waals surface area contributed by atoms with E-state index in [1.165, 1.54) is 31.9 Å². The molecule has 1 aliphatic heterocycles. The van der Waals surface area contributed by atoms with Crippen molar-refractivity contribution in [2.75, 3.05) is 23.3 Å². The highest BCUT2D eigenvalue weighted by Crippen LogP contribution is 2.30. The van der Waals surface area contributed by atoms with Crippen molar-refractivity contribution in [1.82, 2.24) is 20.2 Å². The number of H-pyrrole nitrogens is 1. The summed E-state index contributed by atoms with van der Waals surface area (Å²) in [5.41, 5.74) is 7.80. The molecule has 0 amide bonds. The molecule has 5 rings (SSSR count). The number of rotatable bonds is 8. The standard InChI is InChI=1S/C25H26N6.C6H12F2/c1-17-6-8-21(15-27-17)28-18(2)25-23-13-19(7-9-24(23)29-30-25)20-12-22(16-26-14-20)31-10-4-3-5-11-31;1-3-5-6(7,8)4-2/h6-9,12-16,28H,2-5,10-11H2,1H3,(H,29,30);3-5H2,1-2H3. The highest BCUT2D eigenvalue weighted by atomic mass is 19.3. The zero-order valence-electron chi connectivity index (χ0n) is 23.1. The predicted molar refractivity (Wildman–Crippen MR) is 157 cm³/mol. The molecule has 4 heterocycles. The molecule has 1 saturated heterocycles. The van der Waals surface area contributed by atoms with E-state index >= 15 is 0 Å². The van der Waals surface area contributed by atoms with E-state index < -0.39 is 5.92 Å². The number of aryl methyl sites for hydroxylation is 1. The fraction of sp³-hybridized carbons (Fsp3) is 0.387. The third kappa shape index (κ3) is 7.40. The van der Waals surface area contributed by atoms with Gasteiger partial charge in [0.15, 0.2) is 0 Å². The van der Waals surface area contributed by atoms with Crippen LogP contribution in [-0.4, -0.2) is 39.2 Å². The van der Waals surface area contributed by atoms with Gasteiger partial charge in [-0.05, 0) is 62.1 Å². The number of benzene rings is 1. The molecule has 1 aromatic carbocycles. The second-order valence-corrected chi connectivity index (χ2v) is 10.1. The van der Waals surface area contributed by atoms with Gasteiger partial charge < -0.3 is 10.2 Å². The molecule has 4 aromatic rings. The van der Waals surface area contributed by atoms with Crippen molar-refractivity contribution >= 4 is 28.0 Å². The van der Waals surface area contributed by atoms with Gasteiger partial charge in [0.1, 0.15) is 5.69 Å². The van der Waals surface area contributed by atoms with Gasteiger partial charge in [-0.25, -0.2) is 8.78 Å². The van der Waals surface area contributed by atoms with Crippen LogP contribution in [0.4, 0.5) is 20.2 Å². The molecule has 0 radical (unpaired) electrons. The largest absolute Gasteiger partial charge is 0.370 e. The summed E-state index contributed by atoms with van der Waals surface area (Å²) >= 11 is 0. The molecule has 2 N–H and O–H groups in total. The van der Waals surface area contributed by atoms with Crippen molar-refractivity contribution in [3.8, 4) is 11.1 Å². The zero-order chi connectivity index (χ0) is 27.8. The average molecular weight is 533 g/mol. The van der Waals surface area contributed by atoms with E-state index in [1.807, 2.05) is 31.5 Å². The number of hydrogen-bond donors (Lipinski definition) is 2. The van der Waals surface area contributed by atoms with E-state index in [9.17, 15) is 8.78 Å². The molecule has 1 fully saturated rings. The van der Waals surface area contributed by atoms with Gasteiger partial charge in [-0.3, -0.25) is 15.1 Å². The second-order valence-electron chi connectivity index (χ2n) is 10.1. The van der Waals surface area contributed by atoms with E-state index in [0.717, 1.165) is 57.9 Å². The Balaban J connectivity index is 0.000000386. The molecule has 0 saturated carbocycles. The third-order valence-electron chi connectivity index (χ3n) is 6.97. The van der Waals surface area contributed by atoms with E-state index in [4.69, 9.17) is 0 Å². The number of nitrogens with zero attached hydrogens (tertiary/aromatic N) is 4. The maximum atomic E-state index is 12.2. The Morgan fingerprint density at radius 1 is 1.03 bits per heavy atom. The zero-order valence-corrected chi connectivity index (χ0v) is 23.1. The van der Waals surface area contributed by atoms with Gasteiger partial charge in [0.25, 0.3) is 0 Å². The molecular weight excluding hydrogens is 494 g/mol. The molecular formula is C31H38F2N6. The van der Waals surface area contributed by atoms with Crippen molar-refractivity contribution < 1.29 is 8.78 Å². The lowest BCUT2D eigenvalue weighted by atomic mass is 10.0. The van der Waals surface area contributed by atoms with Crippen molar-refractivity contribution in [2.24, 2.45) is 0 Å². The van der Waals surface area contributed by atoms with Crippen LogP contribution in [0.3, 0.4) is 0 Å². The molecule has 0 atom stereocenters. The number of aromatic nitrogens is 4. The quantitative estimate of drug-likeness (QED) is 0.239. The first-order valence-corrected chi connectivity index (χ1v) is 13.7. The van der Waals surface area contributed by atoms with Crippen molar-refractivity contribution in [2.45, 2.75) is 65.2 Å². The van der Waals surface area contributed by atoms with Gasteiger partial charge in [-0.1, -0.05) is 32.9 Å². The first kappa shape index (κ1) is 28.2. The van der Waals surface area contributed by atoms with Crippen LogP contribution in [0.2, 0.25) is 0 Å². The Morgan fingerprint density at radius 2 is 1.82 bits per heavy atom. The number of pyridine rings is 2. The smallest absolute Gasteiger partial charge is 0.247 e. The fourth-order valence-electron chi connectivity index (χ4n) is 4.65. The molecule has 0 aliphatic carbocycles. The molecule has 0 bridgehead atoms. The van der Waals surface area contributed by atoms with Gasteiger partial charge in [0.2, 0.25) is 5.92 Å². The third-order valence-corrected chi connectivity index (χ3v) is 6.97. The van der Waals surface area contributed by atoms with Crippen LogP contribution in [0.1, 0.15) is 63.8 Å². The SMILES string of the molecule is C=C(Nc1ccc(C)nc1)c1n[nH]c2ccc(-c3cncc(N4CCCCC4)c3)cc12.CCCC(F)(F)CC. The van der Waals surface area contributed by atoms with Gasteiger partial charge in [0, 0.05) is 48.8 Å². The van der Waals surface area contributed by atoms with Crippen molar-refractivity contribution in [1.29, 1.82) is 0 Å². The number of aromatic amines is 1. The minimum atomic E-state index is -2.41. The lowest BCUT2D eigenvalue weighted by Crippen LogP contribution is -2.29. The minimum absolute atomic E-state index is 0.0269. The predicted octanol–water partition coefficient (Wildman–Crippen LogP) is 8.23. The first-order chi connectivity index (χ1) is 18.8. The minimum Gasteiger partial charge on any atom is -0.370 e. The highest BCUT2D eigenvalue weighted by molar-refractivity contribution is 5.95. The Hall–Kier alpha value is -3.81. The molecule has 6 nitrogen and oxygen atoms in total. The summed E-state index contributed by atoms with van der Waals surface area (Å²) in [5, 5.41) is 12.0. The molecule has 0 spiro atoms. The van der Waals surface area contributed by atoms with Crippen LogP contribution in [0, 0.1) is 6.92 Å². The van der Waals surface area contributed by atoms with Crippen LogP contribution in [-0.2, 0) is 0 Å². The van der Waals surface area contributed by atoms with Gasteiger partial charge in [0.05, 0.1) is 35.0 Å². The number of anilines is 2. The molecule has 8 heteroatoms. The normalized spacial score (nSPS) is 13.6. The van der Waals surface area contributed by atoms with Crippen LogP contribution in [0.15, 0.2) is 61.6 Å². The molecule has 206 valence electrons. The number of fused-ring (bicyclic) bond motifs is 1. The summed E-state index contributed by atoms with van der Waals surface area (Å²) in [7, 11) is 0. The van der Waals surface area contributed by atoms with Gasteiger partial charge in [-0.2, -0.15) is 5.10 Å². The summed E-state index contributed by atoms with van der Waals surface area (Å²) in [5.74, 6) is -2.41. The van der Waals surface area contributed by atoms with E-state index in [1.54, 1.807) is 13.1 Å². The topological polar surface area (TPSA) is 69.7 Å². The maximum Gasteiger partial charge on any atom is 0.247 e. The number of piperidine rings is 1. The van der Waals surface area contributed by atoms with Crippen LogP contribution < -0.4 is 10.2 Å². The average Bonchev–Trinajstić information content (AvgIpc) is 3.39. The summed E-state index contributed by atoms with van der Waals surface area (Å²) in [6.07, 6.45) is 10.1. The molecule has 39 heavy (non-hydrogen) atoms. The number of halogens is 2. The van der Waals surface area contributed by atoms with E-state index in [-0.39, 0.29) is 12.8 Å². The number of hydrogen-bond acceptors (Lipinski definition) is 5. The van der Waals surface area contributed by atoms with E-state index in [2.05, 4.69) is 61.2 Å². The maximum absolute atomic E-state index is 12.2. The Bertz CT molecular complexity index is 1370. The van der Waals surface area contributed by atoms with Gasteiger partial charge >= 0.3 is 0 Å². The lowest BCUT2D eigenvalue weighted by Gasteiger charge is -2.28. The van der Waals surface area contributed by atoms with Crippen molar-refractivity contribution in [3.63, 3.8) is 0 Å². The number of alkyl halides is 2. The first-order valence-electron chi connectivity index (χ1n) is 13.7. The summed E-state index contributed by atoms with van der Waals surface area (Å²) < 4.78 is 24.3. The monoisotopic (exact) mass is 532 g/mol.